The van der Waals surface area contributed by atoms with Crippen LogP contribution < -0.4 is 0 Å². The topological polar surface area (TPSA) is 115 Å². The van der Waals surface area contributed by atoms with E-state index in [4.69, 9.17) is 14.7 Å². The van der Waals surface area contributed by atoms with Crippen LogP contribution in [-0.4, -0.2) is 42.8 Å². The van der Waals surface area contributed by atoms with E-state index in [1.165, 1.54) is 6.92 Å². The quantitative estimate of drug-likeness (QED) is 0.184. The summed E-state index contributed by atoms with van der Waals surface area (Å²) in [6.07, 6.45) is 5.30. The van der Waals surface area contributed by atoms with Crippen molar-refractivity contribution in [1.82, 2.24) is 9.97 Å². The third-order valence-corrected chi connectivity index (χ3v) is 4.25. The summed E-state index contributed by atoms with van der Waals surface area (Å²) in [6.45, 7) is 9.91. The zero-order chi connectivity index (χ0) is 27.1. The number of rotatable bonds is 8. The van der Waals surface area contributed by atoms with Crippen molar-refractivity contribution in [3.05, 3.63) is 57.6 Å². The number of aromatic nitrogens is 2. The SMILES string of the molecule is CC#N.CCCc1ccc(Br)nc1C(=O)OCC.CCCc1cccnc1C(=O)OCC.[B]=NS. The van der Waals surface area contributed by atoms with Gasteiger partial charge in [0.1, 0.15) is 4.60 Å². The van der Waals surface area contributed by atoms with Gasteiger partial charge in [0, 0.05) is 13.1 Å². The van der Waals surface area contributed by atoms with Crippen molar-refractivity contribution in [2.45, 2.75) is 60.3 Å². The van der Waals surface area contributed by atoms with Gasteiger partial charge in [-0.25, -0.2) is 19.6 Å². The fraction of sp³-hybridized carbons (Fsp3) is 0.458. The first-order valence-electron chi connectivity index (χ1n) is 11.1. The summed E-state index contributed by atoms with van der Waals surface area (Å²) in [5, 5.41) is 7.32. The van der Waals surface area contributed by atoms with Crippen molar-refractivity contribution in [3.63, 3.8) is 0 Å². The van der Waals surface area contributed by atoms with Crippen molar-refractivity contribution >= 4 is 48.3 Å². The molecule has 35 heavy (non-hydrogen) atoms. The van der Waals surface area contributed by atoms with Crippen LogP contribution in [-0.2, 0) is 22.3 Å². The van der Waals surface area contributed by atoms with Crippen molar-refractivity contribution < 1.29 is 19.1 Å². The molecule has 8 nitrogen and oxygen atoms in total. The van der Waals surface area contributed by atoms with Crippen LogP contribution in [0.25, 0.3) is 0 Å². The Morgan fingerprint density at radius 2 is 1.49 bits per heavy atom. The van der Waals surface area contributed by atoms with E-state index >= 15 is 0 Å². The van der Waals surface area contributed by atoms with E-state index in [1.54, 1.807) is 26.1 Å². The molecule has 0 aliphatic heterocycles. The molecular formula is C24H33BBrN4O4S. The summed E-state index contributed by atoms with van der Waals surface area (Å²) in [5.74, 6) is -0.668. The molecule has 0 saturated carbocycles. The van der Waals surface area contributed by atoms with E-state index in [-0.39, 0.29) is 11.9 Å². The summed E-state index contributed by atoms with van der Waals surface area (Å²) in [4.78, 5) is 31.2. The molecule has 0 unspecified atom stereocenters. The number of ether oxygens (including phenoxy) is 2. The molecular weight excluding hydrogens is 531 g/mol. The predicted molar refractivity (Wildman–Crippen MR) is 145 cm³/mol. The number of carbonyl (C=O) groups excluding carboxylic acids is 2. The maximum atomic E-state index is 11.6. The number of nitrogens with zero attached hydrogens (tertiary/aromatic N) is 4. The first-order chi connectivity index (χ1) is 16.8. The fourth-order valence-corrected chi connectivity index (χ4v) is 2.91. The van der Waals surface area contributed by atoms with Crippen molar-refractivity contribution in [2.24, 2.45) is 4.30 Å². The summed E-state index contributed by atoms with van der Waals surface area (Å²) >= 11 is 6.44. The Hall–Kier alpha value is -2.58. The number of aryl methyl sites for hydroxylation is 2. The van der Waals surface area contributed by atoms with E-state index in [0.717, 1.165) is 36.8 Å². The average Bonchev–Trinajstić information content (AvgIpc) is 2.83. The van der Waals surface area contributed by atoms with Crippen molar-refractivity contribution in [2.75, 3.05) is 13.2 Å². The van der Waals surface area contributed by atoms with Gasteiger partial charge in [-0.2, -0.15) is 5.26 Å². The van der Waals surface area contributed by atoms with Gasteiger partial charge in [-0.15, -0.1) is 0 Å². The molecule has 2 aromatic heterocycles. The Balaban J connectivity index is 0. The summed E-state index contributed by atoms with van der Waals surface area (Å²) in [5.41, 5.74) is 2.79. The van der Waals surface area contributed by atoms with Gasteiger partial charge < -0.3 is 9.47 Å². The van der Waals surface area contributed by atoms with E-state index < -0.39 is 0 Å². The zero-order valence-corrected chi connectivity index (χ0v) is 23.4. The molecule has 0 N–H and O–H groups in total. The van der Waals surface area contributed by atoms with Gasteiger partial charge in [0.25, 0.3) is 0 Å². The van der Waals surface area contributed by atoms with Crippen LogP contribution >= 0.6 is 28.7 Å². The van der Waals surface area contributed by atoms with E-state index in [9.17, 15) is 9.59 Å². The summed E-state index contributed by atoms with van der Waals surface area (Å²) in [6, 6.07) is 9.26. The van der Waals surface area contributed by atoms with Crippen LogP contribution in [0.3, 0.4) is 0 Å². The number of nitriles is 1. The van der Waals surface area contributed by atoms with Crippen molar-refractivity contribution in [1.29, 1.82) is 5.26 Å². The van der Waals surface area contributed by atoms with Crippen LogP contribution in [0.1, 0.15) is 79.6 Å². The number of pyridine rings is 2. The Morgan fingerprint density at radius 1 is 1.03 bits per heavy atom. The Kier molecular flexibility index (Phi) is 22.9. The molecule has 2 heterocycles. The number of esters is 2. The number of halogens is 1. The molecule has 0 aliphatic rings. The van der Waals surface area contributed by atoms with Crippen LogP contribution in [0, 0.1) is 11.3 Å². The second-order valence-electron chi connectivity index (χ2n) is 6.43. The van der Waals surface area contributed by atoms with Gasteiger partial charge in [0.15, 0.2) is 11.4 Å². The third kappa shape index (κ3) is 15.9. The first-order valence-corrected chi connectivity index (χ1v) is 12.3. The van der Waals surface area contributed by atoms with Gasteiger partial charge in [0.2, 0.25) is 0 Å². The molecule has 0 amide bonds. The third-order valence-electron chi connectivity index (χ3n) is 3.81. The zero-order valence-electron chi connectivity index (χ0n) is 21.0. The van der Waals surface area contributed by atoms with Gasteiger partial charge in [0.05, 0.1) is 19.3 Å². The summed E-state index contributed by atoms with van der Waals surface area (Å²) in [7, 11) is 4.34. The molecule has 0 atom stereocenters. The second kappa shape index (κ2) is 23.2. The molecule has 1 radical (unpaired) electrons. The number of thiol groups is 1. The molecule has 0 aliphatic carbocycles. The van der Waals surface area contributed by atoms with Gasteiger partial charge in [-0.05, 0) is 65.9 Å². The molecule has 0 aromatic carbocycles. The van der Waals surface area contributed by atoms with E-state index in [0.29, 0.717) is 29.2 Å². The molecule has 0 spiro atoms. The fourth-order valence-electron chi connectivity index (χ4n) is 2.60. The number of hydrogen-bond acceptors (Lipinski definition) is 9. The van der Waals surface area contributed by atoms with Crippen LogP contribution in [0.15, 0.2) is 39.4 Å². The molecule has 2 aromatic rings. The minimum absolute atomic E-state index is 0.323. The average molecular weight is 564 g/mol. The molecule has 0 bridgehead atoms. The van der Waals surface area contributed by atoms with Crippen LogP contribution in [0.5, 0.6) is 0 Å². The van der Waals surface area contributed by atoms with Crippen LogP contribution in [0.4, 0.5) is 0 Å². The monoisotopic (exact) mass is 563 g/mol. The molecule has 0 fully saturated rings. The van der Waals surface area contributed by atoms with E-state index in [1.807, 2.05) is 24.3 Å². The number of carbonyl (C=O) groups is 2. The standard InChI is InChI=1S/C11H14BrNO2.C11H15NO2.C2H3N.BHNS/c1-3-5-8-6-7-9(12)13-10(8)11(14)15-4-2;1-3-6-9-7-5-8-12-10(9)11(13)14-4-2;2*1-2-3/h6-7H,3-5H2,1-2H3;5,7-8H,3-4,6H2,1-2H3;1H3;3H. The molecule has 11 heteroatoms. The Labute approximate surface area is 223 Å². The Bertz CT molecular complexity index is 942. The Morgan fingerprint density at radius 3 is 1.94 bits per heavy atom. The maximum absolute atomic E-state index is 11.6. The minimum atomic E-state index is -0.345. The summed E-state index contributed by atoms with van der Waals surface area (Å²) < 4.78 is 13.2. The van der Waals surface area contributed by atoms with Crippen LogP contribution in [0.2, 0.25) is 0 Å². The predicted octanol–water partition coefficient (Wildman–Crippen LogP) is 5.90. The number of hydrogen-bond donors (Lipinski definition) is 1. The molecule has 2 rings (SSSR count). The van der Waals surface area contributed by atoms with E-state index in [2.05, 4.69) is 64.5 Å². The first kappa shape index (κ1) is 34.6. The van der Waals surface area contributed by atoms with Gasteiger partial charge >= 0.3 is 36.7 Å². The van der Waals surface area contributed by atoms with Crippen molar-refractivity contribution in [3.8, 4) is 6.07 Å². The normalized spacial score (nSPS) is 8.83. The van der Waals surface area contributed by atoms with Gasteiger partial charge in [-0.1, -0.05) is 38.8 Å². The van der Waals surface area contributed by atoms with Gasteiger partial charge in [-0.3, -0.25) is 0 Å². The molecule has 189 valence electrons. The molecule has 0 saturated heterocycles. The second-order valence-corrected chi connectivity index (χ2v) is 7.48.